The molecule has 1 aliphatic heterocycles. The van der Waals surface area contributed by atoms with Crippen molar-refractivity contribution in [2.45, 2.75) is 44.2 Å². The fourth-order valence-corrected chi connectivity index (χ4v) is 10.1. The second-order valence-electron chi connectivity index (χ2n) is 10.4. The Morgan fingerprint density at radius 1 is 1.11 bits per heavy atom. The standard InChI is InChI=1S/C28H30ClN5O3Si/c1-5-20-21(37-26(23(20)35)34-17-31-22-24(30)32-27(29)33-25(22)34)16-36-38(28(2,3)4,18-12-8-6-9-13-18)19-14-10-7-11-15-19/h1,6-15,17,20-21,23,26,35H,16H2,2-4H3,(H2,30,32,33)/t20-,21+,23+,26+/m0/s1. The average Bonchev–Trinajstić information content (AvgIpc) is 3.45. The second-order valence-corrected chi connectivity index (χ2v) is 15.1. The SMILES string of the molecule is C#C[C@@H]1[C@@H](O)[C@H](n2cnc3c(N)nc(Cl)nc32)O[C@@H]1CO[Si](c1ccccc1)(c1ccccc1)C(C)(C)C. The molecule has 0 spiro atoms. The minimum atomic E-state index is -2.83. The summed E-state index contributed by atoms with van der Waals surface area (Å²) in [4.78, 5) is 12.5. The molecule has 196 valence electrons. The van der Waals surface area contributed by atoms with E-state index >= 15 is 0 Å². The van der Waals surface area contributed by atoms with Crippen LogP contribution < -0.4 is 16.1 Å². The fraction of sp³-hybridized carbons (Fsp3) is 0.321. The number of aliphatic hydroxyl groups is 1. The van der Waals surface area contributed by atoms with Gasteiger partial charge in [0.25, 0.3) is 8.32 Å². The third-order valence-corrected chi connectivity index (χ3v) is 12.3. The first kappa shape index (κ1) is 26.3. The Labute approximate surface area is 227 Å². The molecule has 3 heterocycles. The number of aromatic nitrogens is 4. The number of aliphatic hydroxyl groups excluding tert-OH is 1. The Morgan fingerprint density at radius 2 is 1.71 bits per heavy atom. The lowest BCUT2D eigenvalue weighted by atomic mass is 9.99. The van der Waals surface area contributed by atoms with Gasteiger partial charge >= 0.3 is 0 Å². The van der Waals surface area contributed by atoms with Crippen molar-refractivity contribution in [2.75, 3.05) is 12.3 Å². The zero-order valence-electron chi connectivity index (χ0n) is 21.5. The second kappa shape index (κ2) is 10.1. The Kier molecular flexibility index (Phi) is 7.03. The predicted molar refractivity (Wildman–Crippen MR) is 151 cm³/mol. The molecule has 0 aliphatic carbocycles. The summed E-state index contributed by atoms with van der Waals surface area (Å²) in [7, 11) is -2.83. The van der Waals surface area contributed by atoms with Crippen molar-refractivity contribution >= 4 is 47.3 Å². The summed E-state index contributed by atoms with van der Waals surface area (Å²) in [5, 5.41) is 13.3. The van der Waals surface area contributed by atoms with E-state index in [0.717, 1.165) is 10.4 Å². The van der Waals surface area contributed by atoms with Crippen LogP contribution in [0.4, 0.5) is 5.82 Å². The lowest BCUT2D eigenvalue weighted by molar-refractivity contribution is -0.0469. The van der Waals surface area contributed by atoms with Crippen LogP contribution in [0.25, 0.3) is 11.2 Å². The molecule has 8 nitrogen and oxygen atoms in total. The smallest absolute Gasteiger partial charge is 0.261 e. The third-order valence-electron chi connectivity index (χ3n) is 7.14. The molecule has 10 heteroatoms. The van der Waals surface area contributed by atoms with Gasteiger partial charge in [-0.25, -0.2) is 4.98 Å². The van der Waals surface area contributed by atoms with E-state index in [1.54, 1.807) is 4.57 Å². The van der Waals surface area contributed by atoms with E-state index in [4.69, 9.17) is 32.9 Å². The van der Waals surface area contributed by atoms with Gasteiger partial charge in [0.05, 0.1) is 25.0 Å². The number of terminal acetylenes is 1. The third kappa shape index (κ3) is 4.38. The number of imidazole rings is 1. The molecule has 5 rings (SSSR count). The van der Waals surface area contributed by atoms with Crippen molar-refractivity contribution in [1.29, 1.82) is 0 Å². The number of nitrogens with two attached hydrogens (primary N) is 1. The largest absolute Gasteiger partial charge is 0.405 e. The van der Waals surface area contributed by atoms with Gasteiger partial charge in [0.15, 0.2) is 17.7 Å². The van der Waals surface area contributed by atoms with Crippen molar-refractivity contribution in [3.63, 3.8) is 0 Å². The molecule has 2 aromatic heterocycles. The molecule has 38 heavy (non-hydrogen) atoms. The Balaban J connectivity index is 1.51. The summed E-state index contributed by atoms with van der Waals surface area (Å²) in [5.74, 6) is 2.25. The van der Waals surface area contributed by atoms with E-state index in [0.29, 0.717) is 11.2 Å². The Hall–Kier alpha value is -3.26. The van der Waals surface area contributed by atoms with Crippen molar-refractivity contribution in [3.8, 4) is 12.3 Å². The minimum absolute atomic E-state index is 0.0238. The average molecular weight is 548 g/mol. The highest BCUT2D eigenvalue weighted by Gasteiger charge is 2.52. The summed E-state index contributed by atoms with van der Waals surface area (Å²) in [6.45, 7) is 6.81. The van der Waals surface area contributed by atoms with Gasteiger partial charge in [0, 0.05) is 0 Å². The van der Waals surface area contributed by atoms with E-state index in [2.05, 4.69) is 65.9 Å². The number of benzene rings is 2. The number of hydrogen-bond donors (Lipinski definition) is 2. The molecule has 1 fully saturated rings. The number of nitrogen functional groups attached to an aromatic ring is 1. The Morgan fingerprint density at radius 3 is 2.26 bits per heavy atom. The van der Waals surface area contributed by atoms with Crippen LogP contribution in [0.15, 0.2) is 67.0 Å². The first-order valence-electron chi connectivity index (χ1n) is 12.4. The first-order chi connectivity index (χ1) is 18.2. The van der Waals surface area contributed by atoms with Crippen LogP contribution in [0.5, 0.6) is 0 Å². The molecule has 4 aromatic rings. The van der Waals surface area contributed by atoms with Crippen LogP contribution >= 0.6 is 11.6 Å². The number of anilines is 1. The van der Waals surface area contributed by atoms with E-state index in [9.17, 15) is 5.11 Å². The summed E-state index contributed by atoms with van der Waals surface area (Å²) >= 11 is 6.05. The number of hydrogen-bond acceptors (Lipinski definition) is 7. The monoisotopic (exact) mass is 547 g/mol. The van der Waals surface area contributed by atoms with E-state index in [1.807, 2.05) is 36.4 Å². The van der Waals surface area contributed by atoms with E-state index in [1.165, 1.54) is 6.33 Å². The van der Waals surface area contributed by atoms with Gasteiger partial charge in [-0.1, -0.05) is 87.4 Å². The molecular formula is C28H30ClN5O3Si. The summed E-state index contributed by atoms with van der Waals surface area (Å²) in [6.07, 6.45) is 4.96. The van der Waals surface area contributed by atoms with Gasteiger partial charge in [-0.2, -0.15) is 9.97 Å². The molecule has 4 atom stereocenters. The van der Waals surface area contributed by atoms with Crippen LogP contribution in [-0.2, 0) is 9.16 Å². The number of halogens is 1. The normalized spacial score (nSPS) is 22.0. The van der Waals surface area contributed by atoms with Gasteiger partial charge < -0.3 is 20.0 Å². The summed E-state index contributed by atoms with van der Waals surface area (Å²) in [5.41, 5.74) is 6.70. The van der Waals surface area contributed by atoms with Crippen LogP contribution in [0, 0.1) is 18.3 Å². The van der Waals surface area contributed by atoms with Crippen LogP contribution in [-0.4, -0.2) is 51.8 Å². The zero-order chi connectivity index (χ0) is 27.1. The maximum absolute atomic E-state index is 11.2. The van der Waals surface area contributed by atoms with Crippen LogP contribution in [0.1, 0.15) is 27.0 Å². The van der Waals surface area contributed by atoms with Crippen molar-refractivity contribution in [3.05, 3.63) is 72.3 Å². The first-order valence-corrected chi connectivity index (χ1v) is 14.7. The number of fused-ring (bicyclic) bond motifs is 1. The highest BCUT2D eigenvalue weighted by Crippen LogP contribution is 2.40. The maximum atomic E-state index is 11.2. The molecule has 0 amide bonds. The predicted octanol–water partition coefficient (Wildman–Crippen LogP) is 3.15. The van der Waals surface area contributed by atoms with E-state index < -0.39 is 32.7 Å². The molecule has 0 unspecified atom stereocenters. The molecule has 2 aromatic carbocycles. The summed E-state index contributed by atoms with van der Waals surface area (Å²) in [6, 6.07) is 20.7. The lowest BCUT2D eigenvalue weighted by Crippen LogP contribution is -2.67. The lowest BCUT2D eigenvalue weighted by Gasteiger charge is -2.43. The topological polar surface area (TPSA) is 108 Å². The van der Waals surface area contributed by atoms with Gasteiger partial charge in [0.1, 0.15) is 11.6 Å². The van der Waals surface area contributed by atoms with Crippen LogP contribution in [0.3, 0.4) is 0 Å². The molecule has 0 radical (unpaired) electrons. The van der Waals surface area contributed by atoms with Gasteiger partial charge in [-0.05, 0) is 27.0 Å². The molecular weight excluding hydrogens is 518 g/mol. The van der Waals surface area contributed by atoms with Gasteiger partial charge in [-0.15, -0.1) is 6.42 Å². The quantitative estimate of drug-likeness (QED) is 0.217. The van der Waals surface area contributed by atoms with Crippen molar-refractivity contribution in [2.24, 2.45) is 5.92 Å². The van der Waals surface area contributed by atoms with Gasteiger partial charge in [0.2, 0.25) is 5.28 Å². The number of nitrogens with zero attached hydrogens (tertiary/aromatic N) is 4. The van der Waals surface area contributed by atoms with Crippen molar-refractivity contribution < 1.29 is 14.3 Å². The van der Waals surface area contributed by atoms with Crippen molar-refractivity contribution in [1.82, 2.24) is 19.5 Å². The molecule has 1 aliphatic rings. The molecule has 3 N–H and O–H groups in total. The Bertz CT molecular complexity index is 1430. The molecule has 1 saturated heterocycles. The molecule has 0 bridgehead atoms. The zero-order valence-corrected chi connectivity index (χ0v) is 23.2. The van der Waals surface area contributed by atoms with E-state index in [-0.39, 0.29) is 22.7 Å². The fourth-order valence-electron chi connectivity index (χ4n) is 5.39. The van der Waals surface area contributed by atoms with Crippen LogP contribution in [0.2, 0.25) is 10.3 Å². The summed E-state index contributed by atoms with van der Waals surface area (Å²) < 4.78 is 15.0. The number of ether oxygens (including phenoxy) is 1. The minimum Gasteiger partial charge on any atom is -0.405 e. The maximum Gasteiger partial charge on any atom is 0.261 e. The number of rotatable bonds is 6. The highest BCUT2D eigenvalue weighted by atomic mass is 35.5. The van der Waals surface area contributed by atoms with Gasteiger partial charge in [-0.3, -0.25) is 4.57 Å². The highest BCUT2D eigenvalue weighted by molar-refractivity contribution is 6.99. The molecule has 0 saturated carbocycles.